The Labute approximate surface area is 80.2 Å². The average Bonchev–Trinajstić information content (AvgIpc) is 2.08. The van der Waals surface area contributed by atoms with Gasteiger partial charge in [0.15, 0.2) is 5.78 Å². The molecule has 0 aliphatic heterocycles. The van der Waals surface area contributed by atoms with Crippen molar-refractivity contribution in [2.45, 2.75) is 46.0 Å². The second kappa shape index (κ2) is 2.97. The van der Waals surface area contributed by atoms with Crippen LogP contribution in [0.4, 0.5) is 0 Å². The standard InChI is InChI=1S/C12H18O/c1-9-3-5-12(2)6-4-11(13)8-10(12)7-9/h8-9H,3-7H2,1-2H3. The second-order valence-corrected chi connectivity index (χ2v) is 5.04. The molecule has 0 radical (unpaired) electrons. The van der Waals surface area contributed by atoms with Crippen molar-refractivity contribution in [1.29, 1.82) is 0 Å². The van der Waals surface area contributed by atoms with E-state index in [2.05, 4.69) is 13.8 Å². The lowest BCUT2D eigenvalue weighted by Gasteiger charge is -2.41. The Morgan fingerprint density at radius 2 is 2.23 bits per heavy atom. The fourth-order valence-corrected chi connectivity index (χ4v) is 2.63. The molecular weight excluding hydrogens is 160 g/mol. The normalized spacial score (nSPS) is 39.7. The molecule has 0 saturated heterocycles. The molecule has 0 bridgehead atoms. The zero-order valence-corrected chi connectivity index (χ0v) is 8.60. The van der Waals surface area contributed by atoms with Crippen LogP contribution >= 0.6 is 0 Å². The molecule has 0 spiro atoms. The maximum atomic E-state index is 11.3. The van der Waals surface area contributed by atoms with Crippen molar-refractivity contribution >= 4 is 5.78 Å². The number of hydrogen-bond acceptors (Lipinski definition) is 1. The van der Waals surface area contributed by atoms with Crippen LogP contribution < -0.4 is 0 Å². The van der Waals surface area contributed by atoms with Gasteiger partial charge in [-0.1, -0.05) is 19.4 Å². The maximum Gasteiger partial charge on any atom is 0.155 e. The summed E-state index contributed by atoms with van der Waals surface area (Å²) in [6.07, 6.45) is 7.56. The Balaban J connectivity index is 2.27. The van der Waals surface area contributed by atoms with Gasteiger partial charge < -0.3 is 0 Å². The fourth-order valence-electron chi connectivity index (χ4n) is 2.63. The molecule has 1 saturated carbocycles. The van der Waals surface area contributed by atoms with Gasteiger partial charge in [0.1, 0.15) is 0 Å². The molecular formula is C12H18O. The average molecular weight is 178 g/mol. The van der Waals surface area contributed by atoms with Crippen LogP contribution in [0.5, 0.6) is 0 Å². The van der Waals surface area contributed by atoms with Crippen molar-refractivity contribution < 1.29 is 4.79 Å². The van der Waals surface area contributed by atoms with E-state index >= 15 is 0 Å². The van der Waals surface area contributed by atoms with Crippen molar-refractivity contribution in [1.82, 2.24) is 0 Å². The van der Waals surface area contributed by atoms with Gasteiger partial charge in [-0.05, 0) is 43.1 Å². The third-order valence-corrected chi connectivity index (χ3v) is 3.79. The highest BCUT2D eigenvalue weighted by Crippen LogP contribution is 2.47. The summed E-state index contributed by atoms with van der Waals surface area (Å²) in [5.41, 5.74) is 1.81. The minimum atomic E-state index is 0.349. The summed E-state index contributed by atoms with van der Waals surface area (Å²) in [7, 11) is 0. The highest BCUT2D eigenvalue weighted by Gasteiger charge is 2.36. The first-order valence-electron chi connectivity index (χ1n) is 5.34. The van der Waals surface area contributed by atoms with Crippen molar-refractivity contribution in [2.75, 3.05) is 0 Å². The van der Waals surface area contributed by atoms with Gasteiger partial charge in [-0.25, -0.2) is 0 Å². The summed E-state index contributed by atoms with van der Waals surface area (Å²) >= 11 is 0. The maximum absolute atomic E-state index is 11.3. The zero-order chi connectivity index (χ0) is 9.47. The molecule has 2 unspecified atom stereocenters. The van der Waals surface area contributed by atoms with Gasteiger partial charge in [0, 0.05) is 6.42 Å². The minimum Gasteiger partial charge on any atom is -0.295 e. The predicted molar refractivity (Wildman–Crippen MR) is 53.4 cm³/mol. The quantitative estimate of drug-likeness (QED) is 0.557. The largest absolute Gasteiger partial charge is 0.295 e. The predicted octanol–water partition coefficient (Wildman–Crippen LogP) is 3.10. The molecule has 0 aromatic rings. The van der Waals surface area contributed by atoms with Crippen LogP contribution in [0, 0.1) is 11.3 Å². The highest BCUT2D eigenvalue weighted by molar-refractivity contribution is 5.91. The third kappa shape index (κ3) is 1.56. The van der Waals surface area contributed by atoms with Crippen LogP contribution in [0.1, 0.15) is 46.0 Å². The van der Waals surface area contributed by atoms with Gasteiger partial charge in [0.25, 0.3) is 0 Å². The molecule has 1 nitrogen and oxygen atoms in total. The summed E-state index contributed by atoms with van der Waals surface area (Å²) in [6.45, 7) is 4.62. The van der Waals surface area contributed by atoms with Crippen molar-refractivity contribution in [3.8, 4) is 0 Å². The monoisotopic (exact) mass is 178 g/mol. The van der Waals surface area contributed by atoms with Gasteiger partial charge in [-0.15, -0.1) is 0 Å². The summed E-state index contributed by atoms with van der Waals surface area (Å²) in [4.78, 5) is 11.3. The van der Waals surface area contributed by atoms with Crippen LogP contribution in [-0.2, 0) is 4.79 Å². The first-order valence-corrected chi connectivity index (χ1v) is 5.34. The zero-order valence-electron chi connectivity index (χ0n) is 8.60. The van der Waals surface area contributed by atoms with E-state index in [0.717, 1.165) is 25.2 Å². The third-order valence-electron chi connectivity index (χ3n) is 3.79. The number of carbonyl (C=O) groups excluding carboxylic acids is 1. The van der Waals surface area contributed by atoms with Gasteiger partial charge in [0.2, 0.25) is 0 Å². The van der Waals surface area contributed by atoms with E-state index in [4.69, 9.17) is 0 Å². The van der Waals surface area contributed by atoms with Gasteiger partial charge >= 0.3 is 0 Å². The van der Waals surface area contributed by atoms with Crippen molar-refractivity contribution in [2.24, 2.45) is 11.3 Å². The van der Waals surface area contributed by atoms with Crippen LogP contribution in [0.25, 0.3) is 0 Å². The van der Waals surface area contributed by atoms with Crippen LogP contribution in [-0.4, -0.2) is 5.78 Å². The lowest BCUT2D eigenvalue weighted by atomic mass is 9.64. The van der Waals surface area contributed by atoms with Crippen LogP contribution in [0.15, 0.2) is 11.6 Å². The Kier molecular flexibility index (Phi) is 2.05. The molecule has 13 heavy (non-hydrogen) atoms. The Morgan fingerprint density at radius 1 is 1.46 bits per heavy atom. The van der Waals surface area contributed by atoms with Crippen molar-refractivity contribution in [3.63, 3.8) is 0 Å². The molecule has 0 N–H and O–H groups in total. The molecule has 0 heterocycles. The van der Waals surface area contributed by atoms with Gasteiger partial charge in [-0.3, -0.25) is 4.79 Å². The number of allylic oxidation sites excluding steroid dienone is 2. The van der Waals surface area contributed by atoms with E-state index in [9.17, 15) is 4.79 Å². The molecule has 0 aromatic carbocycles. The number of ketones is 1. The lowest BCUT2D eigenvalue weighted by Crippen LogP contribution is -2.30. The first-order chi connectivity index (χ1) is 6.10. The van der Waals surface area contributed by atoms with E-state index in [1.165, 1.54) is 18.4 Å². The minimum absolute atomic E-state index is 0.349. The Bertz CT molecular complexity index is 264. The topological polar surface area (TPSA) is 17.1 Å². The number of carbonyl (C=O) groups is 1. The molecule has 0 amide bonds. The van der Waals surface area contributed by atoms with E-state index in [-0.39, 0.29) is 0 Å². The Morgan fingerprint density at radius 3 is 3.00 bits per heavy atom. The summed E-state index contributed by atoms with van der Waals surface area (Å²) in [5.74, 6) is 1.13. The van der Waals surface area contributed by atoms with E-state index < -0.39 is 0 Å². The first kappa shape index (κ1) is 8.98. The summed E-state index contributed by atoms with van der Waals surface area (Å²) in [6, 6.07) is 0. The molecule has 2 atom stereocenters. The molecule has 0 aromatic heterocycles. The highest BCUT2D eigenvalue weighted by atomic mass is 16.1. The molecule has 2 aliphatic carbocycles. The van der Waals surface area contributed by atoms with Crippen LogP contribution in [0.2, 0.25) is 0 Å². The SMILES string of the molecule is CC1CCC2(C)CCC(=O)C=C2C1. The van der Waals surface area contributed by atoms with Gasteiger partial charge in [0.05, 0.1) is 0 Å². The summed E-state index contributed by atoms with van der Waals surface area (Å²) in [5, 5.41) is 0. The van der Waals surface area contributed by atoms with E-state index in [1.54, 1.807) is 0 Å². The fraction of sp³-hybridized carbons (Fsp3) is 0.750. The molecule has 1 fully saturated rings. The second-order valence-electron chi connectivity index (χ2n) is 5.04. The molecule has 1 heteroatoms. The molecule has 2 rings (SSSR count). The molecule has 2 aliphatic rings. The van der Waals surface area contributed by atoms with Gasteiger partial charge in [-0.2, -0.15) is 0 Å². The Hall–Kier alpha value is -0.590. The van der Waals surface area contributed by atoms with E-state index in [0.29, 0.717) is 11.2 Å². The number of rotatable bonds is 0. The smallest absolute Gasteiger partial charge is 0.155 e. The van der Waals surface area contributed by atoms with E-state index in [1.807, 2.05) is 6.08 Å². The number of hydrogen-bond donors (Lipinski definition) is 0. The number of fused-ring (bicyclic) bond motifs is 1. The summed E-state index contributed by atoms with van der Waals surface area (Å²) < 4.78 is 0. The van der Waals surface area contributed by atoms with Crippen LogP contribution in [0.3, 0.4) is 0 Å². The molecule has 72 valence electrons. The van der Waals surface area contributed by atoms with Crippen molar-refractivity contribution in [3.05, 3.63) is 11.6 Å². The lowest BCUT2D eigenvalue weighted by molar-refractivity contribution is -0.115.